The first-order valence-electron chi connectivity index (χ1n) is 5.52. The highest BCUT2D eigenvalue weighted by Gasteiger charge is 2.24. The molecule has 2 N–H and O–H groups in total. The Morgan fingerprint density at radius 1 is 1.38 bits per heavy atom. The molecule has 0 amide bonds. The number of carboxylic acids is 1. The van der Waals surface area contributed by atoms with E-state index < -0.39 is 17.0 Å². The van der Waals surface area contributed by atoms with Crippen LogP contribution in [0.5, 0.6) is 0 Å². The fourth-order valence-corrected chi connectivity index (χ4v) is 2.12. The number of aliphatic carboxylic acids is 1. The van der Waals surface area contributed by atoms with Gasteiger partial charge >= 0.3 is 5.97 Å². The smallest absolute Gasteiger partial charge is 0.304 e. The van der Waals surface area contributed by atoms with Crippen LogP contribution >= 0.6 is 0 Å². The zero-order valence-corrected chi connectivity index (χ0v) is 11.6. The third-order valence-corrected chi connectivity index (χ3v) is 3.67. The molecule has 0 aromatic carbocycles. The van der Waals surface area contributed by atoms with Crippen molar-refractivity contribution in [2.45, 2.75) is 58.2 Å². The first kappa shape index (κ1) is 15.6. The Morgan fingerprint density at radius 3 is 2.19 bits per heavy atom. The molecule has 0 fully saturated rings. The third kappa shape index (κ3) is 6.95. The Kier molecular flexibility index (Phi) is 6.18. The molecule has 0 saturated heterocycles. The monoisotopic (exact) mass is 249 g/mol. The van der Waals surface area contributed by atoms with Gasteiger partial charge in [0.05, 0.1) is 22.2 Å². The standard InChI is InChI=1S/C11H23NO3S/c1-8(2)6-9(7-10(13)14)12-16(15)11(3,4)5/h8-9,12H,6-7H2,1-5H3,(H,13,14)/t9-,16-/m1/s1. The van der Waals surface area contributed by atoms with E-state index in [-0.39, 0.29) is 17.2 Å². The lowest BCUT2D eigenvalue weighted by molar-refractivity contribution is -0.137. The maximum absolute atomic E-state index is 11.8. The van der Waals surface area contributed by atoms with E-state index in [1.54, 1.807) is 0 Å². The van der Waals surface area contributed by atoms with E-state index in [1.165, 1.54) is 0 Å². The van der Waals surface area contributed by atoms with Gasteiger partial charge in [0, 0.05) is 6.04 Å². The molecule has 0 aromatic heterocycles. The normalized spacial score (nSPS) is 16.1. The van der Waals surface area contributed by atoms with Gasteiger partial charge < -0.3 is 5.11 Å². The molecule has 0 rings (SSSR count). The van der Waals surface area contributed by atoms with E-state index >= 15 is 0 Å². The summed E-state index contributed by atoms with van der Waals surface area (Å²) in [6.07, 6.45) is 0.730. The van der Waals surface area contributed by atoms with E-state index in [9.17, 15) is 9.00 Å². The van der Waals surface area contributed by atoms with Gasteiger partial charge in [0.1, 0.15) is 0 Å². The molecule has 0 aliphatic heterocycles. The molecule has 2 atom stereocenters. The molecule has 0 bridgehead atoms. The first-order chi connectivity index (χ1) is 7.12. The van der Waals surface area contributed by atoms with Gasteiger partial charge in [-0.15, -0.1) is 0 Å². The highest BCUT2D eigenvalue weighted by molar-refractivity contribution is 7.84. The fraction of sp³-hybridized carbons (Fsp3) is 0.909. The van der Waals surface area contributed by atoms with Gasteiger partial charge in [-0.2, -0.15) is 0 Å². The van der Waals surface area contributed by atoms with Crippen LogP contribution in [0.1, 0.15) is 47.5 Å². The predicted molar refractivity (Wildman–Crippen MR) is 66.5 cm³/mol. The van der Waals surface area contributed by atoms with Crippen LogP contribution in [0.3, 0.4) is 0 Å². The van der Waals surface area contributed by atoms with E-state index in [4.69, 9.17) is 5.11 Å². The molecule has 0 aliphatic carbocycles. The van der Waals surface area contributed by atoms with Gasteiger partial charge in [0.15, 0.2) is 0 Å². The van der Waals surface area contributed by atoms with Crippen molar-refractivity contribution in [1.82, 2.24) is 4.72 Å². The van der Waals surface area contributed by atoms with E-state index in [1.807, 2.05) is 34.6 Å². The quantitative estimate of drug-likeness (QED) is 0.756. The summed E-state index contributed by atoms with van der Waals surface area (Å²) in [6, 6.07) is -0.224. The van der Waals surface area contributed by atoms with Crippen LogP contribution in [-0.2, 0) is 15.8 Å². The van der Waals surface area contributed by atoms with E-state index in [2.05, 4.69) is 4.72 Å². The van der Waals surface area contributed by atoms with Crippen LogP contribution < -0.4 is 4.72 Å². The molecule has 0 heterocycles. The molecule has 0 spiro atoms. The Balaban J connectivity index is 4.42. The first-order valence-corrected chi connectivity index (χ1v) is 6.67. The lowest BCUT2D eigenvalue weighted by Crippen LogP contribution is -2.41. The van der Waals surface area contributed by atoms with Crippen LogP contribution in [0.2, 0.25) is 0 Å². The molecule has 0 aliphatic rings. The summed E-state index contributed by atoms with van der Waals surface area (Å²) >= 11 is 0. The van der Waals surface area contributed by atoms with E-state index in [0.29, 0.717) is 12.3 Å². The molecule has 4 nitrogen and oxygen atoms in total. The van der Waals surface area contributed by atoms with Crippen molar-refractivity contribution in [1.29, 1.82) is 0 Å². The maximum Gasteiger partial charge on any atom is 0.304 e. The van der Waals surface area contributed by atoms with Gasteiger partial charge in [-0.05, 0) is 33.1 Å². The molecule has 5 heteroatoms. The molecule has 0 saturated carbocycles. The largest absolute Gasteiger partial charge is 0.481 e. The fourth-order valence-electron chi connectivity index (χ4n) is 1.28. The van der Waals surface area contributed by atoms with Gasteiger partial charge in [-0.25, -0.2) is 8.93 Å². The van der Waals surface area contributed by atoms with Crippen LogP contribution in [-0.4, -0.2) is 26.1 Å². The lowest BCUT2D eigenvalue weighted by Gasteiger charge is -2.24. The van der Waals surface area contributed by atoms with Crippen molar-refractivity contribution in [3.63, 3.8) is 0 Å². The minimum atomic E-state index is -1.21. The highest BCUT2D eigenvalue weighted by atomic mass is 32.2. The lowest BCUT2D eigenvalue weighted by atomic mass is 10.0. The van der Waals surface area contributed by atoms with Gasteiger partial charge in [-0.1, -0.05) is 13.8 Å². The molecule has 96 valence electrons. The summed E-state index contributed by atoms with van der Waals surface area (Å²) in [4.78, 5) is 10.7. The van der Waals surface area contributed by atoms with Crippen molar-refractivity contribution in [3.05, 3.63) is 0 Å². The summed E-state index contributed by atoms with van der Waals surface area (Å²) in [6.45, 7) is 9.64. The third-order valence-electron chi connectivity index (χ3n) is 2.01. The second-order valence-electron chi connectivity index (χ2n) is 5.42. The zero-order valence-electron chi connectivity index (χ0n) is 10.7. The second kappa shape index (κ2) is 6.35. The second-order valence-corrected chi connectivity index (χ2v) is 7.42. The maximum atomic E-state index is 11.8. The van der Waals surface area contributed by atoms with Gasteiger partial charge in [0.25, 0.3) is 0 Å². The predicted octanol–water partition coefficient (Wildman–Crippen LogP) is 1.93. The van der Waals surface area contributed by atoms with Crippen molar-refractivity contribution in [2.75, 3.05) is 0 Å². The molecule has 0 radical (unpaired) electrons. The van der Waals surface area contributed by atoms with Crippen LogP contribution in [0.15, 0.2) is 0 Å². The Morgan fingerprint density at radius 2 is 1.88 bits per heavy atom. The Labute approximate surface area is 100 Å². The average Bonchev–Trinajstić information content (AvgIpc) is 1.98. The summed E-state index contributed by atoms with van der Waals surface area (Å²) in [5.41, 5.74) is 0. The number of carboxylic acid groups (broad SMARTS) is 1. The summed E-state index contributed by atoms with van der Waals surface area (Å²) in [5.74, 6) is -0.474. The molecular weight excluding hydrogens is 226 g/mol. The minimum Gasteiger partial charge on any atom is -0.481 e. The number of nitrogens with one attached hydrogen (secondary N) is 1. The SMILES string of the molecule is CC(C)C[C@H](CC(=O)O)N[S@](=O)C(C)(C)C. The number of carbonyl (C=O) groups is 1. The number of rotatable bonds is 6. The van der Waals surface area contributed by atoms with Crippen LogP contribution in [0, 0.1) is 5.92 Å². The van der Waals surface area contributed by atoms with Crippen molar-refractivity contribution >= 4 is 17.0 Å². The summed E-state index contributed by atoms with van der Waals surface area (Å²) in [7, 11) is -1.21. The number of hydrogen-bond acceptors (Lipinski definition) is 2. The zero-order chi connectivity index (χ0) is 12.9. The minimum absolute atomic E-state index is 0.0139. The van der Waals surface area contributed by atoms with Crippen molar-refractivity contribution < 1.29 is 14.1 Å². The van der Waals surface area contributed by atoms with Crippen LogP contribution in [0.4, 0.5) is 0 Å². The molecule has 0 aromatic rings. The Hall–Kier alpha value is -0.420. The molecule has 16 heavy (non-hydrogen) atoms. The molecule has 0 unspecified atom stereocenters. The van der Waals surface area contributed by atoms with Crippen LogP contribution in [0.25, 0.3) is 0 Å². The van der Waals surface area contributed by atoms with Gasteiger partial charge in [-0.3, -0.25) is 4.79 Å². The topological polar surface area (TPSA) is 66.4 Å². The van der Waals surface area contributed by atoms with Gasteiger partial charge in [0.2, 0.25) is 0 Å². The molecular formula is C11H23NO3S. The average molecular weight is 249 g/mol. The highest BCUT2D eigenvalue weighted by Crippen LogP contribution is 2.14. The van der Waals surface area contributed by atoms with E-state index in [0.717, 1.165) is 0 Å². The number of hydrogen-bond donors (Lipinski definition) is 2. The summed E-state index contributed by atoms with van der Waals surface area (Å²) < 4.78 is 14.4. The Bertz CT molecular complexity index is 258. The van der Waals surface area contributed by atoms with Crippen molar-refractivity contribution in [2.24, 2.45) is 5.92 Å². The van der Waals surface area contributed by atoms with Crippen molar-refractivity contribution in [3.8, 4) is 0 Å². The summed E-state index contributed by atoms with van der Waals surface area (Å²) in [5, 5.41) is 8.77.